The first-order chi connectivity index (χ1) is 15.2. The van der Waals surface area contributed by atoms with Crippen LogP contribution >= 0.6 is 0 Å². The van der Waals surface area contributed by atoms with Gasteiger partial charge in [0.1, 0.15) is 5.76 Å². The van der Waals surface area contributed by atoms with E-state index in [2.05, 4.69) is 5.32 Å². The van der Waals surface area contributed by atoms with E-state index in [-0.39, 0.29) is 43.2 Å². The van der Waals surface area contributed by atoms with E-state index in [4.69, 9.17) is 9.15 Å². The van der Waals surface area contributed by atoms with Crippen molar-refractivity contribution in [1.82, 2.24) is 9.62 Å². The number of rotatable bonds is 8. The van der Waals surface area contributed by atoms with Crippen LogP contribution in [0.1, 0.15) is 42.8 Å². The van der Waals surface area contributed by atoms with Crippen LogP contribution in [-0.2, 0) is 30.9 Å². The molecule has 0 bridgehead atoms. The largest absolute Gasteiger partial charge is 0.467 e. The Morgan fingerprint density at radius 3 is 2.53 bits per heavy atom. The van der Waals surface area contributed by atoms with Crippen molar-refractivity contribution < 1.29 is 32.0 Å². The number of piperidine rings is 1. The van der Waals surface area contributed by atoms with Crippen molar-refractivity contribution in [2.24, 2.45) is 5.92 Å². The maximum Gasteiger partial charge on any atom is 0.309 e. The quantitative estimate of drug-likeness (QED) is 0.471. The monoisotopic (exact) mass is 462 g/mol. The van der Waals surface area contributed by atoms with Gasteiger partial charge in [0.2, 0.25) is 10.0 Å². The second-order valence-corrected chi connectivity index (χ2v) is 9.58. The molecule has 1 aromatic heterocycles. The molecule has 10 heteroatoms. The molecule has 172 valence electrons. The van der Waals surface area contributed by atoms with Gasteiger partial charge in [0, 0.05) is 18.7 Å². The number of esters is 1. The third-order valence-electron chi connectivity index (χ3n) is 5.34. The molecule has 1 aromatic carbocycles. The Balaban J connectivity index is 1.52. The van der Waals surface area contributed by atoms with Gasteiger partial charge in [-0.25, -0.2) is 8.42 Å². The molecule has 1 N–H and O–H groups in total. The lowest BCUT2D eigenvalue weighted by atomic mass is 9.98. The number of hydrogen-bond acceptors (Lipinski definition) is 7. The molecule has 0 saturated carbocycles. The Labute approximate surface area is 186 Å². The number of ketones is 1. The van der Waals surface area contributed by atoms with Crippen LogP contribution in [0.4, 0.5) is 0 Å². The maximum atomic E-state index is 12.9. The molecule has 1 saturated heterocycles. The number of hydrogen-bond donors (Lipinski definition) is 1. The summed E-state index contributed by atoms with van der Waals surface area (Å²) in [5, 5.41) is 2.63. The van der Waals surface area contributed by atoms with Crippen molar-refractivity contribution in [1.29, 1.82) is 0 Å². The number of sulfonamides is 1. The molecule has 0 spiro atoms. The first kappa shape index (κ1) is 23.7. The topological polar surface area (TPSA) is 123 Å². The minimum absolute atomic E-state index is 0.0491. The van der Waals surface area contributed by atoms with Gasteiger partial charge in [-0.1, -0.05) is 12.1 Å². The number of ether oxygens (including phenoxy) is 1. The Kier molecular flexibility index (Phi) is 7.47. The first-order valence-corrected chi connectivity index (χ1v) is 11.7. The van der Waals surface area contributed by atoms with Crippen LogP contribution in [0.5, 0.6) is 0 Å². The molecule has 1 amide bonds. The van der Waals surface area contributed by atoms with E-state index in [1.165, 1.54) is 42.6 Å². The summed E-state index contributed by atoms with van der Waals surface area (Å²) in [4.78, 5) is 36.2. The van der Waals surface area contributed by atoms with Crippen molar-refractivity contribution in [3.63, 3.8) is 0 Å². The van der Waals surface area contributed by atoms with E-state index < -0.39 is 33.9 Å². The van der Waals surface area contributed by atoms with E-state index in [0.29, 0.717) is 11.3 Å². The number of nitrogens with one attached hydrogen (secondary N) is 1. The van der Waals surface area contributed by atoms with Gasteiger partial charge in [0.15, 0.2) is 11.9 Å². The van der Waals surface area contributed by atoms with E-state index in [1.807, 2.05) is 0 Å². The number of carbonyl (C=O) groups is 3. The zero-order chi connectivity index (χ0) is 23.3. The standard InChI is InChI=1S/C22H26N2O7S/c1-15(25)18-5-3-7-20(13-18)32(28,29)24-10-8-17(9-11-24)22(27)31-16(2)21(26)23-14-19-6-4-12-30-19/h3-7,12-13,16-17H,8-11,14H2,1-2H3,(H,23,26)/t16-/m1/s1. The Hall–Kier alpha value is -2.98. The molecule has 9 nitrogen and oxygen atoms in total. The molecule has 1 aliphatic rings. The van der Waals surface area contributed by atoms with Crippen LogP contribution in [-0.4, -0.2) is 49.6 Å². The van der Waals surface area contributed by atoms with Crippen LogP contribution in [0.3, 0.4) is 0 Å². The van der Waals surface area contributed by atoms with Crippen LogP contribution < -0.4 is 5.32 Å². The zero-order valence-electron chi connectivity index (χ0n) is 17.9. The van der Waals surface area contributed by atoms with Crippen LogP contribution in [0.15, 0.2) is 52.0 Å². The molecule has 0 aliphatic carbocycles. The average Bonchev–Trinajstić information content (AvgIpc) is 3.31. The predicted octanol–water partition coefficient (Wildman–Crippen LogP) is 2.13. The lowest BCUT2D eigenvalue weighted by Crippen LogP contribution is -2.42. The average molecular weight is 463 g/mol. The number of carbonyl (C=O) groups excluding carboxylic acids is 3. The van der Waals surface area contributed by atoms with Gasteiger partial charge in [0.25, 0.3) is 5.91 Å². The minimum Gasteiger partial charge on any atom is -0.467 e. The number of Topliss-reactive ketones (excluding diaryl/α,β-unsaturated/α-hetero) is 1. The third kappa shape index (κ3) is 5.63. The number of benzene rings is 1. The number of amides is 1. The normalized spacial score (nSPS) is 16.3. The van der Waals surface area contributed by atoms with Crippen LogP contribution in [0, 0.1) is 5.92 Å². The second-order valence-electron chi connectivity index (χ2n) is 7.64. The van der Waals surface area contributed by atoms with Crippen molar-refractivity contribution in [2.45, 2.75) is 44.2 Å². The highest BCUT2D eigenvalue weighted by molar-refractivity contribution is 7.89. The minimum atomic E-state index is -3.78. The summed E-state index contributed by atoms with van der Waals surface area (Å²) in [6.45, 7) is 3.34. The summed E-state index contributed by atoms with van der Waals surface area (Å²) in [5.41, 5.74) is 0.323. The summed E-state index contributed by atoms with van der Waals surface area (Å²) in [6, 6.07) is 9.33. The molecule has 32 heavy (non-hydrogen) atoms. The van der Waals surface area contributed by atoms with Crippen molar-refractivity contribution in [3.05, 3.63) is 54.0 Å². The fraction of sp³-hybridized carbons (Fsp3) is 0.409. The van der Waals surface area contributed by atoms with Gasteiger partial charge in [-0.05, 0) is 51.0 Å². The molecular weight excluding hydrogens is 436 g/mol. The Bertz CT molecular complexity index is 1070. The van der Waals surface area contributed by atoms with E-state index in [0.717, 1.165) is 0 Å². The summed E-state index contributed by atoms with van der Waals surface area (Å²) in [6.07, 6.45) is 1.09. The van der Waals surface area contributed by atoms with Crippen molar-refractivity contribution >= 4 is 27.7 Å². The molecule has 0 unspecified atom stereocenters. The van der Waals surface area contributed by atoms with Gasteiger partial charge >= 0.3 is 5.97 Å². The van der Waals surface area contributed by atoms with Crippen molar-refractivity contribution in [2.75, 3.05) is 13.1 Å². The van der Waals surface area contributed by atoms with Gasteiger partial charge in [0.05, 0.1) is 23.6 Å². The molecule has 2 heterocycles. The molecule has 1 fully saturated rings. The van der Waals surface area contributed by atoms with Gasteiger partial charge < -0.3 is 14.5 Å². The molecule has 1 aliphatic heterocycles. The lowest BCUT2D eigenvalue weighted by Gasteiger charge is -2.30. The first-order valence-electron chi connectivity index (χ1n) is 10.3. The van der Waals surface area contributed by atoms with Crippen LogP contribution in [0.25, 0.3) is 0 Å². The SMILES string of the molecule is CC(=O)c1cccc(S(=O)(=O)N2CCC(C(=O)O[C@H](C)C(=O)NCc3ccco3)CC2)c1. The third-order valence-corrected chi connectivity index (χ3v) is 7.24. The van der Waals surface area contributed by atoms with Crippen molar-refractivity contribution in [3.8, 4) is 0 Å². The predicted molar refractivity (Wildman–Crippen MR) is 114 cm³/mol. The summed E-state index contributed by atoms with van der Waals surface area (Å²) in [7, 11) is -3.78. The Morgan fingerprint density at radius 2 is 1.91 bits per heavy atom. The number of furan rings is 1. The molecule has 2 aromatic rings. The van der Waals surface area contributed by atoms with E-state index >= 15 is 0 Å². The summed E-state index contributed by atoms with van der Waals surface area (Å²) < 4.78 is 37.5. The number of nitrogens with zero attached hydrogens (tertiary/aromatic N) is 1. The zero-order valence-corrected chi connectivity index (χ0v) is 18.8. The molecule has 3 rings (SSSR count). The van der Waals surface area contributed by atoms with Crippen LogP contribution in [0.2, 0.25) is 0 Å². The second kappa shape index (κ2) is 10.1. The van der Waals surface area contributed by atoms with Gasteiger partial charge in [-0.3, -0.25) is 14.4 Å². The highest BCUT2D eigenvalue weighted by Gasteiger charge is 2.34. The molecule has 0 radical (unpaired) electrons. The summed E-state index contributed by atoms with van der Waals surface area (Å²) in [5.74, 6) is -1.10. The maximum absolute atomic E-state index is 12.9. The highest BCUT2D eigenvalue weighted by Crippen LogP contribution is 2.25. The van der Waals surface area contributed by atoms with Gasteiger partial charge in [-0.2, -0.15) is 4.31 Å². The van der Waals surface area contributed by atoms with E-state index in [1.54, 1.807) is 18.2 Å². The summed E-state index contributed by atoms with van der Waals surface area (Å²) >= 11 is 0. The smallest absolute Gasteiger partial charge is 0.309 e. The Morgan fingerprint density at radius 1 is 1.19 bits per heavy atom. The lowest BCUT2D eigenvalue weighted by molar-refractivity contribution is -0.159. The fourth-order valence-corrected chi connectivity index (χ4v) is 4.93. The molecule has 1 atom stereocenters. The van der Waals surface area contributed by atoms with E-state index in [9.17, 15) is 22.8 Å². The van der Waals surface area contributed by atoms with Gasteiger partial charge in [-0.15, -0.1) is 0 Å². The highest BCUT2D eigenvalue weighted by atomic mass is 32.2. The molecular formula is C22H26N2O7S. The fourth-order valence-electron chi connectivity index (χ4n) is 3.41.